The molecule has 1 aliphatic heterocycles. The van der Waals surface area contributed by atoms with Crippen molar-refractivity contribution in [1.29, 1.82) is 0 Å². The van der Waals surface area contributed by atoms with Crippen LogP contribution in [-0.2, 0) is 4.74 Å². The monoisotopic (exact) mass is 368 g/mol. The molecule has 4 rings (SSSR count). The molecular formula is C19H16N2O6. The van der Waals surface area contributed by atoms with E-state index < -0.39 is 12.0 Å². The summed E-state index contributed by atoms with van der Waals surface area (Å²) in [5.74, 6) is 0.613. The number of hydrogen-bond donors (Lipinski definition) is 2. The highest BCUT2D eigenvalue weighted by atomic mass is 16.7. The van der Waals surface area contributed by atoms with Gasteiger partial charge in [0.15, 0.2) is 11.5 Å². The maximum Gasteiger partial charge on any atom is 0.411 e. The summed E-state index contributed by atoms with van der Waals surface area (Å²) in [6.45, 7) is 2.05. The predicted octanol–water partition coefficient (Wildman–Crippen LogP) is 3.98. The minimum Gasteiger partial charge on any atom is -0.454 e. The van der Waals surface area contributed by atoms with Crippen molar-refractivity contribution in [1.82, 2.24) is 0 Å². The van der Waals surface area contributed by atoms with Crippen molar-refractivity contribution in [2.45, 2.75) is 6.92 Å². The largest absolute Gasteiger partial charge is 0.454 e. The van der Waals surface area contributed by atoms with E-state index in [-0.39, 0.29) is 24.8 Å². The fourth-order valence-electron chi connectivity index (χ4n) is 2.76. The third kappa shape index (κ3) is 3.24. The number of benzene rings is 2. The summed E-state index contributed by atoms with van der Waals surface area (Å²) in [5.41, 5.74) is 1.23. The van der Waals surface area contributed by atoms with Crippen LogP contribution in [0.15, 0.2) is 46.9 Å². The molecular weight excluding hydrogens is 352 g/mol. The first-order chi connectivity index (χ1) is 13.2. The molecule has 0 aliphatic carbocycles. The van der Waals surface area contributed by atoms with Gasteiger partial charge in [0.2, 0.25) is 12.6 Å². The fourth-order valence-corrected chi connectivity index (χ4v) is 2.76. The number of fused-ring (bicyclic) bond motifs is 2. The van der Waals surface area contributed by atoms with Crippen molar-refractivity contribution in [3.63, 3.8) is 0 Å². The quantitative estimate of drug-likeness (QED) is 0.723. The first-order valence-electron chi connectivity index (χ1n) is 8.32. The maximum absolute atomic E-state index is 12.8. The molecule has 0 saturated carbocycles. The molecule has 8 nitrogen and oxygen atoms in total. The molecule has 2 aromatic carbocycles. The summed E-state index contributed by atoms with van der Waals surface area (Å²) < 4.78 is 21.1. The summed E-state index contributed by atoms with van der Waals surface area (Å²) in [4.78, 5) is 24.7. The van der Waals surface area contributed by atoms with E-state index in [0.717, 1.165) is 0 Å². The van der Waals surface area contributed by atoms with Crippen molar-refractivity contribution in [2.75, 3.05) is 24.0 Å². The number of para-hydroxylation sites is 1. The third-order valence-electron chi connectivity index (χ3n) is 3.93. The molecule has 3 aromatic rings. The summed E-state index contributed by atoms with van der Waals surface area (Å²) in [6.07, 6.45) is -0.666. The molecule has 27 heavy (non-hydrogen) atoms. The Kier molecular flexibility index (Phi) is 4.29. The van der Waals surface area contributed by atoms with Gasteiger partial charge < -0.3 is 23.9 Å². The molecule has 8 heteroatoms. The number of rotatable bonds is 4. The standard InChI is InChI=1S/C19H16N2O6/c1-2-24-19(23)21-16-12-5-3-4-6-13(12)27-17(16)18(22)20-11-7-8-14-15(9-11)26-10-25-14/h3-9H,2,10H2,1H3,(H,20,22)(H,21,23). The van der Waals surface area contributed by atoms with E-state index >= 15 is 0 Å². The van der Waals surface area contributed by atoms with E-state index in [1.165, 1.54) is 0 Å². The number of ether oxygens (including phenoxy) is 3. The summed E-state index contributed by atoms with van der Waals surface area (Å²) in [7, 11) is 0. The molecule has 2 N–H and O–H groups in total. The van der Waals surface area contributed by atoms with Crippen LogP contribution in [0.3, 0.4) is 0 Å². The van der Waals surface area contributed by atoms with E-state index in [1.807, 2.05) is 0 Å². The maximum atomic E-state index is 12.8. The Morgan fingerprint density at radius 3 is 2.74 bits per heavy atom. The molecule has 0 unspecified atom stereocenters. The van der Waals surface area contributed by atoms with Gasteiger partial charge in [0.25, 0.3) is 5.91 Å². The van der Waals surface area contributed by atoms with Crippen LogP contribution in [0.4, 0.5) is 16.2 Å². The molecule has 2 heterocycles. The fraction of sp³-hybridized carbons (Fsp3) is 0.158. The van der Waals surface area contributed by atoms with E-state index in [0.29, 0.717) is 28.2 Å². The van der Waals surface area contributed by atoms with Gasteiger partial charge in [-0.05, 0) is 31.2 Å². The van der Waals surface area contributed by atoms with E-state index in [9.17, 15) is 9.59 Å². The average Bonchev–Trinajstić information content (AvgIpc) is 3.26. The number of nitrogens with one attached hydrogen (secondary N) is 2. The molecule has 0 fully saturated rings. The zero-order valence-electron chi connectivity index (χ0n) is 14.4. The van der Waals surface area contributed by atoms with Gasteiger partial charge in [0.05, 0.1) is 6.61 Å². The zero-order valence-corrected chi connectivity index (χ0v) is 14.4. The van der Waals surface area contributed by atoms with E-state index in [1.54, 1.807) is 49.4 Å². The molecule has 2 amide bonds. The van der Waals surface area contributed by atoms with Crippen LogP contribution in [0.5, 0.6) is 11.5 Å². The number of carbonyl (C=O) groups is 2. The van der Waals surface area contributed by atoms with E-state index in [4.69, 9.17) is 18.6 Å². The second-order valence-electron chi connectivity index (χ2n) is 5.67. The van der Waals surface area contributed by atoms with Crippen molar-refractivity contribution in [3.8, 4) is 11.5 Å². The van der Waals surface area contributed by atoms with Gasteiger partial charge in [0, 0.05) is 17.1 Å². The van der Waals surface area contributed by atoms with Crippen molar-refractivity contribution in [2.24, 2.45) is 0 Å². The van der Waals surface area contributed by atoms with Crippen LogP contribution in [0.2, 0.25) is 0 Å². The van der Waals surface area contributed by atoms with Crippen LogP contribution >= 0.6 is 0 Å². The molecule has 0 spiro atoms. The number of anilines is 2. The highest BCUT2D eigenvalue weighted by molar-refractivity contribution is 6.14. The van der Waals surface area contributed by atoms with Gasteiger partial charge in [-0.1, -0.05) is 12.1 Å². The van der Waals surface area contributed by atoms with Gasteiger partial charge in [-0.15, -0.1) is 0 Å². The van der Waals surface area contributed by atoms with Crippen LogP contribution < -0.4 is 20.1 Å². The Hall–Kier alpha value is -3.68. The third-order valence-corrected chi connectivity index (χ3v) is 3.93. The lowest BCUT2D eigenvalue weighted by Gasteiger charge is -2.07. The van der Waals surface area contributed by atoms with Crippen LogP contribution in [0.1, 0.15) is 17.5 Å². The summed E-state index contributed by atoms with van der Waals surface area (Å²) >= 11 is 0. The van der Waals surface area contributed by atoms with Gasteiger partial charge in [-0.3, -0.25) is 10.1 Å². The molecule has 0 saturated heterocycles. The summed E-state index contributed by atoms with van der Waals surface area (Å²) in [6, 6.07) is 12.1. The second kappa shape index (κ2) is 6.91. The number of furan rings is 1. The lowest BCUT2D eigenvalue weighted by molar-refractivity contribution is 0.1000. The van der Waals surface area contributed by atoms with Crippen LogP contribution in [-0.4, -0.2) is 25.4 Å². The molecule has 1 aromatic heterocycles. The predicted molar refractivity (Wildman–Crippen MR) is 97.4 cm³/mol. The molecule has 0 atom stereocenters. The van der Waals surface area contributed by atoms with Crippen molar-refractivity contribution >= 4 is 34.3 Å². The Morgan fingerprint density at radius 2 is 1.89 bits per heavy atom. The van der Waals surface area contributed by atoms with E-state index in [2.05, 4.69) is 10.6 Å². The summed E-state index contributed by atoms with van der Waals surface area (Å²) in [5, 5.41) is 5.92. The normalized spacial score (nSPS) is 12.0. The van der Waals surface area contributed by atoms with Crippen molar-refractivity contribution in [3.05, 3.63) is 48.2 Å². The molecule has 1 aliphatic rings. The first kappa shape index (κ1) is 16.8. The van der Waals surface area contributed by atoms with Gasteiger partial charge >= 0.3 is 6.09 Å². The molecule has 0 radical (unpaired) electrons. The van der Waals surface area contributed by atoms with Gasteiger partial charge in [0.1, 0.15) is 11.3 Å². The van der Waals surface area contributed by atoms with Crippen molar-refractivity contribution < 1.29 is 28.2 Å². The molecule has 0 bridgehead atoms. The van der Waals surface area contributed by atoms with Crippen LogP contribution in [0.25, 0.3) is 11.0 Å². The Balaban J connectivity index is 1.65. The topological polar surface area (TPSA) is 99.0 Å². The minimum absolute atomic E-state index is 0.0260. The average molecular weight is 368 g/mol. The minimum atomic E-state index is -0.666. The Labute approximate surface area is 154 Å². The number of hydrogen-bond acceptors (Lipinski definition) is 6. The Bertz CT molecular complexity index is 1030. The number of amides is 2. The highest BCUT2D eigenvalue weighted by Crippen LogP contribution is 2.35. The SMILES string of the molecule is CCOC(=O)Nc1c(C(=O)Nc2ccc3c(c2)OCO3)oc2ccccc12. The lowest BCUT2D eigenvalue weighted by Crippen LogP contribution is -2.17. The highest BCUT2D eigenvalue weighted by Gasteiger charge is 2.23. The molecule has 138 valence electrons. The lowest BCUT2D eigenvalue weighted by atomic mass is 10.2. The van der Waals surface area contributed by atoms with Crippen LogP contribution in [0, 0.1) is 0 Å². The zero-order chi connectivity index (χ0) is 18.8. The first-order valence-corrected chi connectivity index (χ1v) is 8.32. The Morgan fingerprint density at radius 1 is 1.07 bits per heavy atom. The smallest absolute Gasteiger partial charge is 0.411 e. The second-order valence-corrected chi connectivity index (χ2v) is 5.67. The number of carbonyl (C=O) groups excluding carboxylic acids is 2. The van der Waals surface area contributed by atoms with Gasteiger partial charge in [-0.25, -0.2) is 4.79 Å². The van der Waals surface area contributed by atoms with Gasteiger partial charge in [-0.2, -0.15) is 0 Å².